The first-order valence-electron chi connectivity index (χ1n) is 6.48. The highest BCUT2D eigenvalue weighted by Gasteiger charge is 2.22. The molecule has 0 bridgehead atoms. The molecule has 1 fully saturated rings. The van der Waals surface area contributed by atoms with Crippen LogP contribution in [0.4, 0.5) is 0 Å². The van der Waals surface area contributed by atoms with E-state index < -0.39 is 5.97 Å². The third-order valence-corrected chi connectivity index (χ3v) is 3.79. The second-order valence-electron chi connectivity index (χ2n) is 5.12. The Kier molecular flexibility index (Phi) is 3.55. The molecule has 1 N–H and O–H groups in total. The van der Waals surface area contributed by atoms with Crippen molar-refractivity contribution in [3.63, 3.8) is 0 Å². The number of aryl methyl sites for hydroxylation is 2. The summed E-state index contributed by atoms with van der Waals surface area (Å²) in [4.78, 5) is 23.5. The molecule has 1 heterocycles. The maximum absolute atomic E-state index is 12.3. The van der Waals surface area contributed by atoms with Crippen LogP contribution in [0, 0.1) is 13.8 Å². The van der Waals surface area contributed by atoms with Crippen molar-refractivity contribution in [3.05, 3.63) is 33.2 Å². The van der Waals surface area contributed by atoms with E-state index in [2.05, 4.69) is 0 Å². The molecule has 0 aromatic carbocycles. The summed E-state index contributed by atoms with van der Waals surface area (Å²) in [5.41, 5.74) is 1.00. The van der Waals surface area contributed by atoms with Crippen LogP contribution < -0.4 is 5.56 Å². The molecular formula is C14H19NO3. The SMILES string of the molecule is Cc1cc(C)n(C2CCCCC2)c(=O)c1C(=O)O. The molecule has 1 aromatic heterocycles. The van der Waals surface area contributed by atoms with Gasteiger partial charge in [-0.2, -0.15) is 0 Å². The Morgan fingerprint density at radius 2 is 1.89 bits per heavy atom. The maximum atomic E-state index is 12.3. The molecule has 0 amide bonds. The fourth-order valence-electron chi connectivity index (χ4n) is 2.96. The minimum atomic E-state index is -1.12. The number of carboxylic acids is 1. The largest absolute Gasteiger partial charge is 0.477 e. The van der Waals surface area contributed by atoms with Crippen LogP contribution >= 0.6 is 0 Å². The van der Waals surface area contributed by atoms with Gasteiger partial charge in [0.25, 0.3) is 5.56 Å². The Bertz CT molecular complexity index is 525. The standard InChI is InChI=1S/C14H19NO3/c1-9-8-10(2)15(11-6-4-3-5-7-11)13(16)12(9)14(17)18/h8,11H,3-7H2,1-2H3,(H,17,18). The smallest absolute Gasteiger partial charge is 0.341 e. The van der Waals surface area contributed by atoms with Crippen LogP contribution in [0.5, 0.6) is 0 Å². The van der Waals surface area contributed by atoms with Crippen molar-refractivity contribution >= 4 is 5.97 Å². The lowest BCUT2D eigenvalue weighted by Gasteiger charge is -2.26. The molecular weight excluding hydrogens is 230 g/mol. The zero-order chi connectivity index (χ0) is 13.3. The molecule has 0 radical (unpaired) electrons. The first kappa shape index (κ1) is 12.9. The highest BCUT2D eigenvalue weighted by atomic mass is 16.4. The quantitative estimate of drug-likeness (QED) is 0.876. The lowest BCUT2D eigenvalue weighted by molar-refractivity contribution is 0.0693. The first-order chi connectivity index (χ1) is 8.52. The minimum absolute atomic E-state index is 0.0776. The third kappa shape index (κ3) is 2.19. The zero-order valence-corrected chi connectivity index (χ0v) is 10.9. The molecule has 0 saturated heterocycles. The van der Waals surface area contributed by atoms with E-state index >= 15 is 0 Å². The number of nitrogens with zero attached hydrogens (tertiary/aromatic N) is 1. The van der Waals surface area contributed by atoms with Gasteiger partial charge in [0.1, 0.15) is 5.56 Å². The molecule has 0 atom stereocenters. The summed E-state index contributed by atoms with van der Waals surface area (Å²) in [6.07, 6.45) is 5.40. The molecule has 4 nitrogen and oxygen atoms in total. The van der Waals surface area contributed by atoms with Gasteiger partial charge in [-0.15, -0.1) is 0 Å². The van der Waals surface area contributed by atoms with Gasteiger partial charge in [-0.25, -0.2) is 4.79 Å². The molecule has 98 valence electrons. The normalized spacial score (nSPS) is 16.8. The van der Waals surface area contributed by atoms with Crippen LogP contribution in [0.15, 0.2) is 10.9 Å². The van der Waals surface area contributed by atoms with E-state index in [0.717, 1.165) is 31.4 Å². The van der Waals surface area contributed by atoms with Crippen LogP contribution in [-0.4, -0.2) is 15.6 Å². The Labute approximate surface area is 106 Å². The third-order valence-electron chi connectivity index (χ3n) is 3.79. The van der Waals surface area contributed by atoms with Gasteiger partial charge in [-0.1, -0.05) is 19.3 Å². The summed E-state index contributed by atoms with van der Waals surface area (Å²) >= 11 is 0. The van der Waals surface area contributed by atoms with Gasteiger partial charge in [0.15, 0.2) is 0 Å². The summed E-state index contributed by atoms with van der Waals surface area (Å²) in [6.45, 7) is 3.57. The second kappa shape index (κ2) is 4.96. The van der Waals surface area contributed by atoms with Crippen molar-refractivity contribution in [1.82, 2.24) is 4.57 Å². The van der Waals surface area contributed by atoms with Gasteiger partial charge < -0.3 is 9.67 Å². The van der Waals surface area contributed by atoms with Crippen molar-refractivity contribution in [3.8, 4) is 0 Å². The molecule has 0 unspecified atom stereocenters. The maximum Gasteiger partial charge on any atom is 0.341 e. The molecule has 2 rings (SSSR count). The Balaban J connectivity index is 2.56. The van der Waals surface area contributed by atoms with Gasteiger partial charge >= 0.3 is 5.97 Å². The number of aromatic nitrogens is 1. The molecule has 1 aliphatic rings. The fraction of sp³-hybridized carbons (Fsp3) is 0.571. The Hall–Kier alpha value is -1.58. The predicted molar refractivity (Wildman–Crippen MR) is 69.3 cm³/mol. The summed E-state index contributed by atoms with van der Waals surface area (Å²) in [5.74, 6) is -1.12. The van der Waals surface area contributed by atoms with Crippen molar-refractivity contribution in [2.45, 2.75) is 52.0 Å². The van der Waals surface area contributed by atoms with Crippen LogP contribution in [0.2, 0.25) is 0 Å². The number of hydrogen-bond acceptors (Lipinski definition) is 2. The first-order valence-corrected chi connectivity index (χ1v) is 6.48. The lowest BCUT2D eigenvalue weighted by atomic mass is 9.94. The summed E-state index contributed by atoms with van der Waals surface area (Å²) in [5, 5.41) is 9.15. The Morgan fingerprint density at radius 3 is 2.44 bits per heavy atom. The van der Waals surface area contributed by atoms with Crippen molar-refractivity contribution in [1.29, 1.82) is 0 Å². The van der Waals surface area contributed by atoms with E-state index in [9.17, 15) is 9.59 Å². The molecule has 4 heteroatoms. The number of carbonyl (C=O) groups is 1. The summed E-state index contributed by atoms with van der Waals surface area (Å²) in [6, 6.07) is 1.98. The van der Waals surface area contributed by atoms with Crippen molar-refractivity contribution in [2.24, 2.45) is 0 Å². The molecule has 1 aliphatic carbocycles. The van der Waals surface area contributed by atoms with E-state index in [4.69, 9.17) is 5.11 Å². The van der Waals surface area contributed by atoms with Crippen molar-refractivity contribution < 1.29 is 9.90 Å². The number of aromatic carboxylic acids is 1. The van der Waals surface area contributed by atoms with Gasteiger partial charge in [0, 0.05) is 11.7 Å². The van der Waals surface area contributed by atoms with Crippen LogP contribution in [0.3, 0.4) is 0 Å². The molecule has 0 aliphatic heterocycles. The number of rotatable bonds is 2. The van der Waals surface area contributed by atoms with Crippen LogP contribution in [-0.2, 0) is 0 Å². The van der Waals surface area contributed by atoms with E-state index in [1.807, 2.05) is 6.92 Å². The minimum Gasteiger partial charge on any atom is -0.477 e. The van der Waals surface area contributed by atoms with Crippen LogP contribution in [0.1, 0.15) is 59.8 Å². The van der Waals surface area contributed by atoms with Crippen LogP contribution in [0.25, 0.3) is 0 Å². The van der Waals surface area contributed by atoms with E-state index in [-0.39, 0.29) is 17.2 Å². The average molecular weight is 249 g/mol. The lowest BCUT2D eigenvalue weighted by Crippen LogP contribution is -2.33. The summed E-state index contributed by atoms with van der Waals surface area (Å²) < 4.78 is 1.69. The van der Waals surface area contributed by atoms with Gasteiger partial charge in [0.05, 0.1) is 0 Å². The van der Waals surface area contributed by atoms with Gasteiger partial charge in [-0.05, 0) is 38.3 Å². The number of carboxylic acid groups (broad SMARTS) is 1. The van der Waals surface area contributed by atoms with Gasteiger partial charge in [-0.3, -0.25) is 4.79 Å². The topological polar surface area (TPSA) is 59.3 Å². The van der Waals surface area contributed by atoms with Crippen molar-refractivity contribution in [2.75, 3.05) is 0 Å². The second-order valence-corrected chi connectivity index (χ2v) is 5.12. The number of pyridine rings is 1. The number of hydrogen-bond donors (Lipinski definition) is 1. The van der Waals surface area contributed by atoms with Gasteiger partial charge in [0.2, 0.25) is 0 Å². The van der Waals surface area contributed by atoms with E-state index in [0.29, 0.717) is 5.56 Å². The molecule has 1 saturated carbocycles. The van der Waals surface area contributed by atoms with E-state index in [1.54, 1.807) is 17.6 Å². The summed E-state index contributed by atoms with van der Waals surface area (Å²) in [7, 11) is 0. The Morgan fingerprint density at radius 1 is 1.28 bits per heavy atom. The fourth-order valence-corrected chi connectivity index (χ4v) is 2.96. The zero-order valence-electron chi connectivity index (χ0n) is 10.9. The average Bonchev–Trinajstić information content (AvgIpc) is 2.28. The van der Waals surface area contributed by atoms with E-state index in [1.165, 1.54) is 6.42 Å². The highest BCUT2D eigenvalue weighted by molar-refractivity contribution is 5.88. The molecule has 18 heavy (non-hydrogen) atoms. The monoisotopic (exact) mass is 249 g/mol. The predicted octanol–water partition coefficient (Wildman–Crippen LogP) is 2.67. The molecule has 1 aromatic rings. The molecule has 0 spiro atoms. The highest BCUT2D eigenvalue weighted by Crippen LogP contribution is 2.28.